The summed E-state index contributed by atoms with van der Waals surface area (Å²) in [5.74, 6) is 0. The van der Waals surface area contributed by atoms with E-state index in [9.17, 15) is 0 Å². The third kappa shape index (κ3) is 2.20. The van der Waals surface area contributed by atoms with Crippen molar-refractivity contribution in [2.75, 3.05) is 13.2 Å². The van der Waals surface area contributed by atoms with Gasteiger partial charge in [0.2, 0.25) is 0 Å². The van der Waals surface area contributed by atoms with Gasteiger partial charge in [0.05, 0.1) is 24.5 Å². The third-order valence-electron chi connectivity index (χ3n) is 1.41. The number of hydrogen-bond acceptors (Lipinski definition) is 3. The first-order valence-electron chi connectivity index (χ1n) is 3.43. The van der Waals surface area contributed by atoms with E-state index in [1.165, 1.54) is 0 Å². The Hall–Kier alpha value is -0.200. The average Bonchev–Trinajstić information content (AvgIpc) is 1.80. The molecule has 1 heterocycles. The topological polar surface area (TPSA) is 33.0 Å². The predicted molar refractivity (Wildman–Crippen MR) is 41.9 cm³/mol. The Morgan fingerprint density at radius 1 is 1.80 bits per heavy atom. The van der Waals surface area contributed by atoms with E-state index in [1.807, 2.05) is 11.8 Å². The molecule has 0 aliphatic carbocycles. The van der Waals surface area contributed by atoms with Gasteiger partial charge in [0, 0.05) is 11.7 Å². The molecule has 1 atom stereocenters. The Morgan fingerprint density at radius 3 is 2.90 bits per heavy atom. The molecule has 1 unspecified atom stereocenters. The highest BCUT2D eigenvalue weighted by Crippen LogP contribution is 2.24. The van der Waals surface area contributed by atoms with Gasteiger partial charge in [-0.3, -0.25) is 0 Å². The van der Waals surface area contributed by atoms with E-state index in [1.54, 1.807) is 0 Å². The molecule has 0 aromatic carbocycles. The molecule has 1 saturated heterocycles. The van der Waals surface area contributed by atoms with Gasteiger partial charge in [-0.25, -0.2) is 0 Å². The van der Waals surface area contributed by atoms with Crippen LogP contribution in [0.1, 0.15) is 13.3 Å². The van der Waals surface area contributed by atoms with E-state index in [0.29, 0.717) is 16.9 Å². The Labute approximate surface area is 65.6 Å². The van der Waals surface area contributed by atoms with Crippen molar-refractivity contribution < 1.29 is 4.74 Å². The van der Waals surface area contributed by atoms with Crippen LogP contribution in [0.4, 0.5) is 0 Å². The van der Waals surface area contributed by atoms with Gasteiger partial charge in [-0.05, 0) is 0 Å². The van der Waals surface area contributed by atoms with Crippen molar-refractivity contribution in [3.05, 3.63) is 0 Å². The number of hydrogen-bond donors (Lipinski definition) is 0. The van der Waals surface area contributed by atoms with Crippen molar-refractivity contribution in [3.63, 3.8) is 0 Å². The zero-order chi connectivity index (χ0) is 7.40. The normalized spacial score (nSPS) is 21.2. The summed E-state index contributed by atoms with van der Waals surface area (Å²) in [6, 6.07) is 2.16. The number of ether oxygens (including phenoxy) is 1. The van der Waals surface area contributed by atoms with E-state index >= 15 is 0 Å². The zero-order valence-corrected chi connectivity index (χ0v) is 6.86. The summed E-state index contributed by atoms with van der Waals surface area (Å²) in [7, 11) is 0. The molecular formula is C7H11NOS. The van der Waals surface area contributed by atoms with Crippen LogP contribution >= 0.6 is 11.8 Å². The first-order chi connectivity index (χ1) is 4.83. The van der Waals surface area contributed by atoms with E-state index in [2.05, 4.69) is 13.0 Å². The molecule has 0 amide bonds. The highest BCUT2D eigenvalue weighted by atomic mass is 32.2. The van der Waals surface area contributed by atoms with Gasteiger partial charge in [-0.1, -0.05) is 6.92 Å². The van der Waals surface area contributed by atoms with Crippen molar-refractivity contribution in [2.45, 2.75) is 23.8 Å². The van der Waals surface area contributed by atoms with Crippen molar-refractivity contribution >= 4 is 11.8 Å². The van der Waals surface area contributed by atoms with Crippen LogP contribution in [0.3, 0.4) is 0 Å². The van der Waals surface area contributed by atoms with Gasteiger partial charge in [0.15, 0.2) is 0 Å². The summed E-state index contributed by atoms with van der Waals surface area (Å²) in [5, 5.41) is 9.47. The number of nitrogens with zero attached hydrogens (tertiary/aromatic N) is 1. The SMILES string of the molecule is CC(CC#N)SC1COC1. The average molecular weight is 157 g/mol. The third-order valence-corrected chi connectivity index (χ3v) is 2.70. The lowest BCUT2D eigenvalue weighted by Gasteiger charge is -2.27. The van der Waals surface area contributed by atoms with Crippen LogP contribution in [0.25, 0.3) is 0 Å². The molecule has 0 saturated carbocycles. The Bertz CT molecular complexity index is 139. The van der Waals surface area contributed by atoms with Crippen LogP contribution in [0, 0.1) is 11.3 Å². The van der Waals surface area contributed by atoms with Gasteiger partial charge >= 0.3 is 0 Å². The maximum absolute atomic E-state index is 8.35. The molecule has 1 fully saturated rings. The smallest absolute Gasteiger partial charge is 0.0633 e. The van der Waals surface area contributed by atoms with Crippen LogP contribution in [0.15, 0.2) is 0 Å². The fourth-order valence-corrected chi connectivity index (χ4v) is 1.98. The van der Waals surface area contributed by atoms with Gasteiger partial charge in [-0.2, -0.15) is 5.26 Å². The van der Waals surface area contributed by atoms with Gasteiger partial charge < -0.3 is 4.74 Å². The number of rotatable bonds is 3. The predicted octanol–water partition coefficient (Wildman–Crippen LogP) is 1.42. The molecule has 1 aliphatic rings. The first-order valence-corrected chi connectivity index (χ1v) is 4.37. The molecule has 56 valence electrons. The van der Waals surface area contributed by atoms with Crippen LogP contribution in [0.5, 0.6) is 0 Å². The standard InChI is InChI=1S/C7H11NOS/c1-6(2-3-8)10-7-4-9-5-7/h6-7H,2,4-5H2,1H3. The van der Waals surface area contributed by atoms with Crippen LogP contribution in [-0.2, 0) is 4.74 Å². The molecule has 0 bridgehead atoms. The largest absolute Gasteiger partial charge is 0.379 e. The quantitative estimate of drug-likeness (QED) is 0.621. The van der Waals surface area contributed by atoms with E-state index in [0.717, 1.165) is 13.2 Å². The highest BCUT2D eigenvalue weighted by Gasteiger charge is 2.20. The molecule has 3 heteroatoms. The van der Waals surface area contributed by atoms with Crippen molar-refractivity contribution in [3.8, 4) is 6.07 Å². The molecule has 0 aromatic heterocycles. The zero-order valence-electron chi connectivity index (χ0n) is 6.04. The molecule has 0 radical (unpaired) electrons. The summed E-state index contributed by atoms with van der Waals surface area (Å²) in [4.78, 5) is 0. The maximum atomic E-state index is 8.35. The molecule has 0 aromatic rings. The van der Waals surface area contributed by atoms with Crippen LogP contribution in [-0.4, -0.2) is 23.7 Å². The second-order valence-corrected chi connectivity index (χ2v) is 4.21. The highest BCUT2D eigenvalue weighted by molar-refractivity contribution is 8.00. The molecule has 0 N–H and O–H groups in total. The first kappa shape index (κ1) is 7.90. The van der Waals surface area contributed by atoms with Gasteiger partial charge in [0.25, 0.3) is 0 Å². The lowest BCUT2D eigenvalue weighted by atomic mass is 10.4. The van der Waals surface area contributed by atoms with E-state index in [4.69, 9.17) is 10.00 Å². The van der Waals surface area contributed by atoms with Gasteiger partial charge in [-0.15, -0.1) is 11.8 Å². The molecule has 2 nitrogen and oxygen atoms in total. The minimum atomic E-state index is 0.471. The maximum Gasteiger partial charge on any atom is 0.0633 e. The molecule has 10 heavy (non-hydrogen) atoms. The molecular weight excluding hydrogens is 146 g/mol. The molecule has 1 aliphatic heterocycles. The fraction of sp³-hybridized carbons (Fsp3) is 0.857. The minimum absolute atomic E-state index is 0.471. The van der Waals surface area contributed by atoms with Crippen molar-refractivity contribution in [1.29, 1.82) is 5.26 Å². The number of thioether (sulfide) groups is 1. The molecule has 0 spiro atoms. The van der Waals surface area contributed by atoms with Crippen LogP contribution < -0.4 is 0 Å². The summed E-state index contributed by atoms with van der Waals surface area (Å²) in [5.41, 5.74) is 0. The van der Waals surface area contributed by atoms with E-state index in [-0.39, 0.29) is 0 Å². The van der Waals surface area contributed by atoms with Crippen LogP contribution in [0.2, 0.25) is 0 Å². The van der Waals surface area contributed by atoms with Crippen molar-refractivity contribution in [2.24, 2.45) is 0 Å². The Kier molecular flexibility index (Phi) is 3.04. The summed E-state index contributed by atoms with van der Waals surface area (Å²) < 4.78 is 5.01. The lowest BCUT2D eigenvalue weighted by Crippen LogP contribution is -2.31. The van der Waals surface area contributed by atoms with Gasteiger partial charge in [0.1, 0.15) is 0 Å². The van der Waals surface area contributed by atoms with E-state index < -0.39 is 0 Å². The second kappa shape index (κ2) is 3.85. The monoisotopic (exact) mass is 157 g/mol. The summed E-state index contributed by atoms with van der Waals surface area (Å²) in [6.07, 6.45) is 0.654. The molecule has 1 rings (SSSR count). The second-order valence-electron chi connectivity index (χ2n) is 2.47. The van der Waals surface area contributed by atoms with Crippen molar-refractivity contribution in [1.82, 2.24) is 0 Å². The fourth-order valence-electron chi connectivity index (χ4n) is 0.798. The summed E-state index contributed by atoms with van der Waals surface area (Å²) >= 11 is 1.86. The summed E-state index contributed by atoms with van der Waals surface area (Å²) in [6.45, 7) is 3.84. The number of nitriles is 1. The Balaban J connectivity index is 2.06. The minimum Gasteiger partial charge on any atom is -0.379 e. The lowest BCUT2D eigenvalue weighted by molar-refractivity contribution is 0.0453. The Morgan fingerprint density at radius 2 is 2.50 bits per heavy atom.